The molecule has 0 amide bonds. The van der Waals surface area contributed by atoms with Crippen LogP contribution < -0.4 is 11.1 Å². The summed E-state index contributed by atoms with van der Waals surface area (Å²) in [5, 5.41) is 21.4. The fourth-order valence-corrected chi connectivity index (χ4v) is 1.16. The summed E-state index contributed by atoms with van der Waals surface area (Å²) in [7, 11) is 0. The third kappa shape index (κ3) is 2.77. The van der Waals surface area contributed by atoms with E-state index in [1.54, 1.807) is 6.07 Å². The van der Waals surface area contributed by atoms with Crippen molar-refractivity contribution in [3.05, 3.63) is 12.3 Å². The highest BCUT2D eigenvalue weighted by molar-refractivity contribution is 5.40. The number of nitrogen functional groups attached to an aromatic ring is 1. The number of aliphatic hydroxyl groups is 2. The molecule has 0 aliphatic rings. The molecule has 0 aliphatic heterocycles. The van der Waals surface area contributed by atoms with Crippen molar-refractivity contribution in [2.75, 3.05) is 24.3 Å². The van der Waals surface area contributed by atoms with Crippen molar-refractivity contribution in [2.24, 2.45) is 0 Å². The van der Waals surface area contributed by atoms with Crippen LogP contribution in [0.3, 0.4) is 0 Å². The van der Waals surface area contributed by atoms with E-state index in [9.17, 15) is 10.2 Å². The van der Waals surface area contributed by atoms with Crippen LogP contribution in [0.2, 0.25) is 0 Å². The maximum absolute atomic E-state index is 9.21. The highest BCUT2D eigenvalue weighted by atomic mass is 16.3. The largest absolute Gasteiger partial charge is 0.394 e. The lowest BCUT2D eigenvalue weighted by molar-refractivity contribution is 0.132. The maximum Gasteiger partial charge on any atom is 0.221 e. The Morgan fingerprint density at radius 3 is 2.60 bits per heavy atom. The summed E-state index contributed by atoms with van der Waals surface area (Å²) in [4.78, 5) is 7.68. The van der Waals surface area contributed by atoms with Crippen molar-refractivity contribution >= 4 is 11.8 Å². The number of anilines is 2. The summed E-state index contributed by atoms with van der Waals surface area (Å²) in [6, 6.07) is 1.63. The molecule has 1 heterocycles. The van der Waals surface area contributed by atoms with Gasteiger partial charge in [0.25, 0.3) is 0 Å². The van der Waals surface area contributed by atoms with Gasteiger partial charge in [-0.05, 0) is 12.5 Å². The first-order valence-corrected chi connectivity index (χ1v) is 4.74. The molecule has 0 atom stereocenters. The van der Waals surface area contributed by atoms with E-state index < -0.39 is 5.54 Å². The monoisotopic (exact) mass is 212 g/mol. The SMILES string of the molecule is CCC(CO)(CO)Nc1ccnc(N)n1. The van der Waals surface area contributed by atoms with Crippen LogP contribution in [-0.2, 0) is 0 Å². The zero-order valence-electron chi connectivity index (χ0n) is 8.64. The van der Waals surface area contributed by atoms with Gasteiger partial charge in [0.05, 0.1) is 18.8 Å². The molecule has 5 N–H and O–H groups in total. The van der Waals surface area contributed by atoms with Crippen LogP contribution in [0.4, 0.5) is 11.8 Å². The fraction of sp³-hybridized carbons (Fsp3) is 0.556. The molecule has 0 unspecified atom stereocenters. The average molecular weight is 212 g/mol. The standard InChI is InChI=1S/C9H16N4O2/c1-2-9(5-14,6-15)13-7-3-4-11-8(10)12-7/h3-4,14-15H,2,5-6H2,1H3,(H3,10,11,12,13). The summed E-state index contributed by atoms with van der Waals surface area (Å²) in [6.45, 7) is 1.51. The van der Waals surface area contributed by atoms with Gasteiger partial charge in [0.15, 0.2) is 0 Å². The van der Waals surface area contributed by atoms with Gasteiger partial charge in [-0.2, -0.15) is 4.98 Å². The molecular formula is C9H16N4O2. The van der Waals surface area contributed by atoms with Crippen LogP contribution in [0.5, 0.6) is 0 Å². The Labute approximate surface area is 88.2 Å². The zero-order valence-corrected chi connectivity index (χ0v) is 8.64. The van der Waals surface area contributed by atoms with Crippen LogP contribution in [0.15, 0.2) is 12.3 Å². The molecule has 0 bridgehead atoms. The minimum absolute atomic E-state index is 0.154. The second-order valence-corrected chi connectivity index (χ2v) is 3.38. The first kappa shape index (κ1) is 11.7. The topological polar surface area (TPSA) is 104 Å². The van der Waals surface area contributed by atoms with Gasteiger partial charge in [-0.25, -0.2) is 4.98 Å². The molecule has 15 heavy (non-hydrogen) atoms. The van der Waals surface area contributed by atoms with E-state index >= 15 is 0 Å². The zero-order chi connectivity index (χ0) is 11.3. The Morgan fingerprint density at radius 1 is 1.47 bits per heavy atom. The van der Waals surface area contributed by atoms with E-state index in [0.29, 0.717) is 12.2 Å². The number of nitrogens with two attached hydrogens (primary N) is 1. The smallest absolute Gasteiger partial charge is 0.221 e. The van der Waals surface area contributed by atoms with Gasteiger partial charge in [-0.1, -0.05) is 6.92 Å². The van der Waals surface area contributed by atoms with E-state index in [4.69, 9.17) is 5.73 Å². The number of hydrogen-bond acceptors (Lipinski definition) is 6. The number of aliphatic hydroxyl groups excluding tert-OH is 2. The van der Waals surface area contributed by atoms with Gasteiger partial charge in [0, 0.05) is 6.20 Å². The van der Waals surface area contributed by atoms with Gasteiger partial charge in [-0.3, -0.25) is 0 Å². The molecule has 84 valence electrons. The maximum atomic E-state index is 9.21. The Bertz CT molecular complexity index is 306. The number of rotatable bonds is 5. The van der Waals surface area contributed by atoms with Crippen molar-refractivity contribution < 1.29 is 10.2 Å². The minimum Gasteiger partial charge on any atom is -0.394 e. The molecular weight excluding hydrogens is 196 g/mol. The van der Waals surface area contributed by atoms with Crippen molar-refractivity contribution in [1.29, 1.82) is 0 Å². The van der Waals surface area contributed by atoms with Crippen LogP contribution in [0, 0.1) is 0 Å². The lowest BCUT2D eigenvalue weighted by Crippen LogP contribution is -2.45. The first-order chi connectivity index (χ1) is 7.15. The molecule has 0 saturated carbocycles. The van der Waals surface area contributed by atoms with E-state index in [1.807, 2.05) is 6.92 Å². The van der Waals surface area contributed by atoms with Crippen LogP contribution in [-0.4, -0.2) is 38.9 Å². The predicted octanol–water partition coefficient (Wildman–Crippen LogP) is -0.396. The van der Waals surface area contributed by atoms with Gasteiger partial charge < -0.3 is 21.3 Å². The number of nitrogens with zero attached hydrogens (tertiary/aromatic N) is 2. The summed E-state index contributed by atoms with van der Waals surface area (Å²) >= 11 is 0. The van der Waals surface area contributed by atoms with Crippen molar-refractivity contribution in [2.45, 2.75) is 18.9 Å². The molecule has 6 heteroatoms. The second-order valence-electron chi connectivity index (χ2n) is 3.38. The normalized spacial score (nSPS) is 11.4. The number of aromatic nitrogens is 2. The molecule has 0 radical (unpaired) electrons. The number of nitrogens with one attached hydrogen (secondary N) is 1. The van der Waals surface area contributed by atoms with E-state index in [0.717, 1.165) is 0 Å². The van der Waals surface area contributed by atoms with Crippen molar-refractivity contribution in [1.82, 2.24) is 9.97 Å². The minimum atomic E-state index is -0.763. The summed E-state index contributed by atoms with van der Waals surface area (Å²) < 4.78 is 0. The highest BCUT2D eigenvalue weighted by Gasteiger charge is 2.26. The lowest BCUT2D eigenvalue weighted by atomic mass is 9.98. The van der Waals surface area contributed by atoms with Gasteiger partial charge in [0.2, 0.25) is 5.95 Å². The van der Waals surface area contributed by atoms with Gasteiger partial charge >= 0.3 is 0 Å². The third-order valence-corrected chi connectivity index (χ3v) is 2.35. The molecule has 6 nitrogen and oxygen atoms in total. The second kappa shape index (κ2) is 4.90. The molecule has 1 aromatic rings. The Balaban J connectivity index is 2.82. The van der Waals surface area contributed by atoms with Crippen LogP contribution >= 0.6 is 0 Å². The fourth-order valence-electron chi connectivity index (χ4n) is 1.16. The molecule has 0 saturated heterocycles. The van der Waals surface area contributed by atoms with Crippen molar-refractivity contribution in [3.63, 3.8) is 0 Å². The van der Waals surface area contributed by atoms with Crippen LogP contribution in [0.1, 0.15) is 13.3 Å². The summed E-state index contributed by atoms with van der Waals surface area (Å²) in [5.74, 6) is 0.647. The Hall–Kier alpha value is -1.40. The van der Waals surface area contributed by atoms with Crippen LogP contribution in [0.25, 0.3) is 0 Å². The number of hydrogen-bond donors (Lipinski definition) is 4. The summed E-state index contributed by atoms with van der Waals surface area (Å²) in [6.07, 6.45) is 2.09. The quantitative estimate of drug-likeness (QED) is 0.529. The van der Waals surface area contributed by atoms with E-state index in [-0.39, 0.29) is 19.2 Å². The first-order valence-electron chi connectivity index (χ1n) is 4.74. The molecule has 1 aromatic heterocycles. The Kier molecular flexibility index (Phi) is 3.81. The van der Waals surface area contributed by atoms with E-state index in [2.05, 4.69) is 15.3 Å². The highest BCUT2D eigenvalue weighted by Crippen LogP contribution is 2.16. The molecule has 0 aliphatic carbocycles. The predicted molar refractivity (Wildman–Crippen MR) is 57.3 cm³/mol. The van der Waals surface area contributed by atoms with Gasteiger partial charge in [-0.15, -0.1) is 0 Å². The van der Waals surface area contributed by atoms with E-state index in [1.165, 1.54) is 6.20 Å². The van der Waals surface area contributed by atoms with Gasteiger partial charge in [0.1, 0.15) is 5.82 Å². The third-order valence-electron chi connectivity index (χ3n) is 2.35. The molecule has 1 rings (SSSR count). The average Bonchev–Trinajstić information content (AvgIpc) is 2.26. The van der Waals surface area contributed by atoms with Crippen molar-refractivity contribution in [3.8, 4) is 0 Å². The molecule has 0 aromatic carbocycles. The molecule has 0 spiro atoms. The summed E-state index contributed by atoms with van der Waals surface area (Å²) in [5.41, 5.74) is 4.65. The lowest BCUT2D eigenvalue weighted by Gasteiger charge is -2.30. The molecule has 0 fully saturated rings. The Morgan fingerprint density at radius 2 is 2.13 bits per heavy atom.